The fourth-order valence-corrected chi connectivity index (χ4v) is 2.27. The van der Waals surface area contributed by atoms with Gasteiger partial charge in [-0.2, -0.15) is 0 Å². The first-order valence-corrected chi connectivity index (χ1v) is 8.14. The van der Waals surface area contributed by atoms with Gasteiger partial charge in [0.15, 0.2) is 5.69 Å². The number of aromatic nitrogens is 2. The lowest BCUT2D eigenvalue weighted by molar-refractivity contribution is 0.0745. The minimum absolute atomic E-state index is 0.111. The minimum atomic E-state index is -0.111. The van der Waals surface area contributed by atoms with E-state index in [1.165, 1.54) is 0 Å². The summed E-state index contributed by atoms with van der Waals surface area (Å²) in [5.74, 6) is 0.550. The van der Waals surface area contributed by atoms with E-state index in [9.17, 15) is 4.79 Å². The number of carbonyl (C=O) groups is 1. The van der Waals surface area contributed by atoms with Gasteiger partial charge in [-0.3, -0.25) is 4.79 Å². The molecule has 0 aliphatic heterocycles. The summed E-state index contributed by atoms with van der Waals surface area (Å²) in [4.78, 5) is 14.3. The number of amides is 1. The Bertz CT molecular complexity index is 617. The Morgan fingerprint density at radius 1 is 1.17 bits per heavy atom. The minimum Gasteiger partial charge on any atom is -0.385 e. The highest BCUT2D eigenvalue weighted by atomic mass is 16.5. The first-order valence-electron chi connectivity index (χ1n) is 8.14. The highest BCUT2D eigenvalue weighted by molar-refractivity contribution is 5.92. The van der Waals surface area contributed by atoms with Gasteiger partial charge in [-0.1, -0.05) is 30.3 Å². The van der Waals surface area contributed by atoms with Crippen LogP contribution in [0.5, 0.6) is 0 Å². The van der Waals surface area contributed by atoms with Gasteiger partial charge in [-0.05, 0) is 31.0 Å². The zero-order chi connectivity index (χ0) is 17.2. The van der Waals surface area contributed by atoms with Crippen molar-refractivity contribution >= 4 is 11.7 Å². The van der Waals surface area contributed by atoms with Crippen LogP contribution in [0.3, 0.4) is 0 Å². The number of nitrogens with one attached hydrogen (secondary N) is 1. The van der Waals surface area contributed by atoms with E-state index >= 15 is 0 Å². The summed E-state index contributed by atoms with van der Waals surface area (Å²) in [5, 5.41) is 11.3. The Morgan fingerprint density at radius 3 is 2.58 bits per heavy atom. The lowest BCUT2D eigenvalue weighted by atomic mass is 10.2. The Hall–Kier alpha value is -2.47. The summed E-state index contributed by atoms with van der Waals surface area (Å²) >= 11 is 0. The second-order valence-corrected chi connectivity index (χ2v) is 5.38. The summed E-state index contributed by atoms with van der Waals surface area (Å²) in [5.41, 5.74) is 1.45. The molecule has 0 fully saturated rings. The molecule has 0 spiro atoms. The van der Waals surface area contributed by atoms with Crippen LogP contribution in [0.2, 0.25) is 0 Å². The molecule has 1 heterocycles. The number of anilines is 1. The average Bonchev–Trinajstić information content (AvgIpc) is 2.64. The van der Waals surface area contributed by atoms with E-state index in [4.69, 9.17) is 4.74 Å². The molecule has 0 saturated heterocycles. The zero-order valence-corrected chi connectivity index (χ0v) is 14.2. The van der Waals surface area contributed by atoms with Crippen molar-refractivity contribution in [1.82, 2.24) is 15.1 Å². The van der Waals surface area contributed by atoms with Crippen LogP contribution in [-0.2, 0) is 11.3 Å². The molecule has 0 radical (unpaired) electrons. The van der Waals surface area contributed by atoms with Crippen LogP contribution < -0.4 is 5.32 Å². The van der Waals surface area contributed by atoms with Crippen molar-refractivity contribution in [2.45, 2.75) is 19.9 Å². The highest BCUT2D eigenvalue weighted by Crippen LogP contribution is 2.09. The molecule has 0 atom stereocenters. The number of hydrogen-bond donors (Lipinski definition) is 1. The number of rotatable bonds is 9. The molecule has 6 nitrogen and oxygen atoms in total. The van der Waals surface area contributed by atoms with Crippen molar-refractivity contribution in [3.63, 3.8) is 0 Å². The predicted octanol–water partition coefficient (Wildman–Crippen LogP) is 2.59. The molecule has 2 rings (SSSR count). The molecule has 1 aromatic carbocycles. The largest absolute Gasteiger partial charge is 0.385 e. The van der Waals surface area contributed by atoms with E-state index in [0.717, 1.165) is 18.5 Å². The fourth-order valence-electron chi connectivity index (χ4n) is 2.27. The molecule has 0 unspecified atom stereocenters. The third-order valence-corrected chi connectivity index (χ3v) is 3.60. The Balaban J connectivity index is 1.94. The maximum absolute atomic E-state index is 12.6. The van der Waals surface area contributed by atoms with Gasteiger partial charge in [-0.15, -0.1) is 10.2 Å². The number of nitrogens with zero attached hydrogens (tertiary/aromatic N) is 3. The van der Waals surface area contributed by atoms with Gasteiger partial charge in [0.05, 0.1) is 0 Å². The number of hydrogen-bond acceptors (Lipinski definition) is 5. The van der Waals surface area contributed by atoms with Crippen molar-refractivity contribution < 1.29 is 9.53 Å². The smallest absolute Gasteiger partial charge is 0.274 e. The van der Waals surface area contributed by atoms with Gasteiger partial charge in [0.2, 0.25) is 0 Å². The second kappa shape index (κ2) is 9.62. The summed E-state index contributed by atoms with van der Waals surface area (Å²) < 4.78 is 4.99. The molecular formula is C18H24N4O2. The van der Waals surface area contributed by atoms with Gasteiger partial charge in [0.1, 0.15) is 5.82 Å². The van der Waals surface area contributed by atoms with E-state index in [-0.39, 0.29) is 5.91 Å². The molecule has 0 saturated carbocycles. The van der Waals surface area contributed by atoms with Crippen LogP contribution in [-0.4, -0.2) is 47.8 Å². The SMILES string of the molecule is CCN(Cc1ccccc1)C(=O)c1ccc(NCCCOC)nn1. The maximum Gasteiger partial charge on any atom is 0.274 e. The van der Waals surface area contributed by atoms with Crippen LogP contribution in [0.25, 0.3) is 0 Å². The van der Waals surface area contributed by atoms with Gasteiger partial charge in [0, 0.05) is 33.4 Å². The van der Waals surface area contributed by atoms with Gasteiger partial charge in [0.25, 0.3) is 5.91 Å². The van der Waals surface area contributed by atoms with E-state index in [1.54, 1.807) is 24.1 Å². The van der Waals surface area contributed by atoms with Crippen LogP contribution in [0.1, 0.15) is 29.4 Å². The summed E-state index contributed by atoms with van der Waals surface area (Å²) in [6.45, 7) is 4.59. The van der Waals surface area contributed by atoms with Crippen molar-refractivity contribution in [1.29, 1.82) is 0 Å². The van der Waals surface area contributed by atoms with Crippen LogP contribution >= 0.6 is 0 Å². The third kappa shape index (κ3) is 5.31. The van der Waals surface area contributed by atoms with Gasteiger partial charge < -0.3 is 15.0 Å². The van der Waals surface area contributed by atoms with Crippen LogP contribution in [0.15, 0.2) is 42.5 Å². The first-order chi connectivity index (χ1) is 11.7. The third-order valence-electron chi connectivity index (χ3n) is 3.60. The molecule has 0 bridgehead atoms. The second-order valence-electron chi connectivity index (χ2n) is 5.38. The molecule has 1 N–H and O–H groups in total. The Morgan fingerprint density at radius 2 is 1.96 bits per heavy atom. The molecule has 0 aliphatic carbocycles. The quantitative estimate of drug-likeness (QED) is 0.717. The molecule has 1 aromatic heterocycles. The lowest BCUT2D eigenvalue weighted by Crippen LogP contribution is -2.31. The molecule has 24 heavy (non-hydrogen) atoms. The highest BCUT2D eigenvalue weighted by Gasteiger charge is 2.16. The zero-order valence-electron chi connectivity index (χ0n) is 14.2. The predicted molar refractivity (Wildman–Crippen MR) is 93.9 cm³/mol. The normalized spacial score (nSPS) is 10.4. The summed E-state index contributed by atoms with van der Waals surface area (Å²) in [7, 11) is 1.68. The molecular weight excluding hydrogens is 304 g/mol. The summed E-state index contributed by atoms with van der Waals surface area (Å²) in [6, 6.07) is 13.4. The molecule has 0 aliphatic rings. The molecule has 128 valence electrons. The summed E-state index contributed by atoms with van der Waals surface area (Å²) in [6.07, 6.45) is 0.888. The average molecular weight is 328 g/mol. The number of methoxy groups -OCH3 is 1. The Kier molecular flexibility index (Phi) is 7.17. The van der Waals surface area contributed by atoms with E-state index in [2.05, 4.69) is 15.5 Å². The number of ether oxygens (including phenoxy) is 1. The van der Waals surface area contributed by atoms with Crippen molar-refractivity contribution in [2.24, 2.45) is 0 Å². The van der Waals surface area contributed by atoms with Crippen molar-refractivity contribution in [3.8, 4) is 0 Å². The molecule has 6 heteroatoms. The van der Waals surface area contributed by atoms with E-state index in [1.807, 2.05) is 37.3 Å². The van der Waals surface area contributed by atoms with Gasteiger partial charge >= 0.3 is 0 Å². The van der Waals surface area contributed by atoms with E-state index in [0.29, 0.717) is 31.2 Å². The standard InChI is InChI=1S/C18H24N4O2/c1-3-22(14-15-8-5-4-6-9-15)18(23)16-10-11-17(21-20-16)19-12-7-13-24-2/h4-6,8-11H,3,7,12-14H2,1-2H3,(H,19,21). The van der Waals surface area contributed by atoms with Crippen LogP contribution in [0, 0.1) is 0 Å². The number of carbonyl (C=O) groups excluding carboxylic acids is 1. The monoisotopic (exact) mass is 328 g/mol. The maximum atomic E-state index is 12.6. The first kappa shape index (κ1) is 17.9. The van der Waals surface area contributed by atoms with Crippen molar-refractivity contribution in [2.75, 3.05) is 32.1 Å². The lowest BCUT2D eigenvalue weighted by Gasteiger charge is -2.20. The molecule has 2 aromatic rings. The van der Waals surface area contributed by atoms with Crippen molar-refractivity contribution in [3.05, 3.63) is 53.7 Å². The van der Waals surface area contributed by atoms with Crippen LogP contribution in [0.4, 0.5) is 5.82 Å². The van der Waals surface area contributed by atoms with Gasteiger partial charge in [-0.25, -0.2) is 0 Å². The van der Waals surface area contributed by atoms with E-state index < -0.39 is 0 Å². The Labute approximate surface area is 142 Å². The molecule has 1 amide bonds. The topological polar surface area (TPSA) is 67.4 Å². The fraction of sp³-hybridized carbons (Fsp3) is 0.389. The number of benzene rings is 1.